The molecule has 1 saturated carbocycles. The van der Waals surface area contributed by atoms with Crippen molar-refractivity contribution in [2.45, 2.75) is 31.4 Å². The molecule has 1 aliphatic carbocycles. The van der Waals surface area contributed by atoms with Crippen molar-refractivity contribution in [3.63, 3.8) is 0 Å². The molecule has 2 aliphatic rings. The molecular weight excluding hydrogens is 326 g/mol. The molecule has 5 nitrogen and oxygen atoms in total. The van der Waals surface area contributed by atoms with Gasteiger partial charge in [-0.1, -0.05) is 0 Å². The number of piperidine rings is 1. The molecule has 2 aromatic rings. The molecule has 1 aromatic heterocycles. The van der Waals surface area contributed by atoms with Crippen molar-refractivity contribution in [2.75, 3.05) is 24.5 Å². The summed E-state index contributed by atoms with van der Waals surface area (Å²) in [6.07, 6.45) is 3.88. The fourth-order valence-corrected chi connectivity index (χ4v) is 3.30. The molecule has 0 spiro atoms. The molecule has 1 aliphatic heterocycles. The number of fused-ring (bicyclic) bond motifs is 1. The lowest BCUT2D eigenvalue weighted by molar-refractivity contribution is -0.123. The number of benzene rings is 1. The maximum absolute atomic E-state index is 14.9. The Morgan fingerprint density at radius 1 is 1.28 bits per heavy atom. The van der Waals surface area contributed by atoms with E-state index >= 15 is 0 Å². The van der Waals surface area contributed by atoms with Crippen molar-refractivity contribution in [2.24, 2.45) is 5.92 Å². The fraction of sp³-hybridized carbons (Fsp3) is 0.500. The second kappa shape index (κ2) is 6.20. The molecule has 1 aromatic carbocycles. The summed E-state index contributed by atoms with van der Waals surface area (Å²) < 4.78 is 28.5. The number of carbonyl (C=O) groups excluding carboxylic acids is 1. The number of alkyl halides is 1. The number of hydrogen-bond acceptors (Lipinski definition) is 4. The third-order valence-electron chi connectivity index (χ3n) is 5.06. The molecule has 7 heteroatoms. The Hall–Kier alpha value is -2.31. The highest BCUT2D eigenvalue weighted by molar-refractivity contribution is 5.89. The average molecular weight is 346 g/mol. The lowest BCUT2D eigenvalue weighted by atomic mass is 9.93. The zero-order valence-corrected chi connectivity index (χ0v) is 13.8. The molecule has 0 atom stereocenters. The molecule has 2 fully saturated rings. The standard InChI is InChI=1S/C18H20F2N4O/c19-13-3-4-15-14(9-13)16(23-11-22-15)24-7-5-18(20,6-8-24)10-21-17(25)12-1-2-12/h3-4,9,11-12H,1-2,5-8,10H2,(H,21,25). The van der Waals surface area contributed by atoms with Crippen LogP contribution in [0.5, 0.6) is 0 Å². The van der Waals surface area contributed by atoms with Gasteiger partial charge in [-0.3, -0.25) is 4.79 Å². The van der Waals surface area contributed by atoms with E-state index in [1.807, 2.05) is 4.90 Å². The fourth-order valence-electron chi connectivity index (χ4n) is 3.30. The predicted octanol–water partition coefficient (Wildman–Crippen LogP) is 2.60. The average Bonchev–Trinajstić information content (AvgIpc) is 3.45. The number of hydrogen-bond donors (Lipinski definition) is 1. The van der Waals surface area contributed by atoms with E-state index in [1.165, 1.54) is 18.5 Å². The highest BCUT2D eigenvalue weighted by Crippen LogP contribution is 2.32. The molecule has 0 radical (unpaired) electrons. The highest BCUT2D eigenvalue weighted by Gasteiger charge is 2.37. The lowest BCUT2D eigenvalue weighted by Crippen LogP contribution is -2.48. The molecule has 25 heavy (non-hydrogen) atoms. The third-order valence-corrected chi connectivity index (χ3v) is 5.06. The lowest BCUT2D eigenvalue weighted by Gasteiger charge is -2.37. The van der Waals surface area contributed by atoms with Crippen LogP contribution in [0, 0.1) is 11.7 Å². The van der Waals surface area contributed by atoms with Crippen LogP contribution in [0.2, 0.25) is 0 Å². The molecular formula is C18H20F2N4O. The van der Waals surface area contributed by atoms with E-state index in [4.69, 9.17) is 0 Å². The van der Waals surface area contributed by atoms with E-state index in [1.54, 1.807) is 6.07 Å². The van der Waals surface area contributed by atoms with Crippen LogP contribution in [-0.4, -0.2) is 41.2 Å². The normalized spacial score (nSPS) is 19.8. The Bertz CT molecular complexity index is 801. The number of halogens is 2. The number of nitrogens with one attached hydrogen (secondary N) is 1. The number of carbonyl (C=O) groups is 1. The van der Waals surface area contributed by atoms with E-state index in [-0.39, 0.29) is 24.2 Å². The van der Waals surface area contributed by atoms with Crippen molar-refractivity contribution >= 4 is 22.6 Å². The van der Waals surface area contributed by atoms with Crippen LogP contribution in [0.15, 0.2) is 24.5 Å². The topological polar surface area (TPSA) is 58.1 Å². The Labute approximate surface area is 144 Å². The quantitative estimate of drug-likeness (QED) is 0.925. The van der Waals surface area contributed by atoms with Gasteiger partial charge in [0.1, 0.15) is 23.6 Å². The summed E-state index contributed by atoms with van der Waals surface area (Å²) in [6.45, 7) is 1.01. The second-order valence-electron chi connectivity index (χ2n) is 6.99. The number of aromatic nitrogens is 2. The summed E-state index contributed by atoms with van der Waals surface area (Å²) in [6, 6.07) is 4.40. The smallest absolute Gasteiger partial charge is 0.223 e. The predicted molar refractivity (Wildman–Crippen MR) is 90.5 cm³/mol. The van der Waals surface area contributed by atoms with Gasteiger partial charge in [0, 0.05) is 37.2 Å². The summed E-state index contributed by atoms with van der Waals surface area (Å²) in [5.41, 5.74) is -0.727. The van der Waals surface area contributed by atoms with E-state index in [0.29, 0.717) is 42.7 Å². The van der Waals surface area contributed by atoms with Crippen LogP contribution >= 0.6 is 0 Å². The Morgan fingerprint density at radius 2 is 2.04 bits per heavy atom. The van der Waals surface area contributed by atoms with Gasteiger partial charge >= 0.3 is 0 Å². The van der Waals surface area contributed by atoms with Gasteiger partial charge in [-0.25, -0.2) is 18.7 Å². The maximum Gasteiger partial charge on any atom is 0.223 e. The first-order valence-electron chi connectivity index (χ1n) is 8.66. The minimum Gasteiger partial charge on any atom is -0.356 e. The minimum absolute atomic E-state index is 0.0308. The first kappa shape index (κ1) is 16.2. The molecule has 4 rings (SSSR count). The van der Waals surface area contributed by atoms with Crippen LogP contribution in [0.25, 0.3) is 10.9 Å². The van der Waals surface area contributed by atoms with Gasteiger partial charge < -0.3 is 10.2 Å². The summed E-state index contributed by atoms with van der Waals surface area (Å²) in [4.78, 5) is 22.1. The molecule has 1 saturated heterocycles. The Balaban J connectivity index is 1.44. The van der Waals surface area contributed by atoms with Gasteiger partial charge in [-0.2, -0.15) is 0 Å². The zero-order chi connectivity index (χ0) is 17.4. The van der Waals surface area contributed by atoms with E-state index in [2.05, 4.69) is 15.3 Å². The van der Waals surface area contributed by atoms with Gasteiger partial charge in [-0.15, -0.1) is 0 Å². The van der Waals surface area contributed by atoms with Crippen molar-refractivity contribution in [3.8, 4) is 0 Å². The zero-order valence-electron chi connectivity index (χ0n) is 13.8. The van der Waals surface area contributed by atoms with E-state index < -0.39 is 5.67 Å². The number of nitrogens with zero attached hydrogens (tertiary/aromatic N) is 3. The summed E-state index contributed by atoms with van der Waals surface area (Å²) in [5.74, 6) is 0.347. The van der Waals surface area contributed by atoms with Gasteiger partial charge in [-0.05, 0) is 31.0 Å². The molecule has 2 heterocycles. The summed E-state index contributed by atoms with van der Waals surface area (Å²) in [7, 11) is 0. The summed E-state index contributed by atoms with van der Waals surface area (Å²) >= 11 is 0. The van der Waals surface area contributed by atoms with Crippen LogP contribution in [-0.2, 0) is 4.79 Å². The highest BCUT2D eigenvalue weighted by atomic mass is 19.1. The summed E-state index contributed by atoms with van der Waals surface area (Å²) in [5, 5.41) is 3.37. The Kier molecular flexibility index (Phi) is 4.01. The van der Waals surface area contributed by atoms with Crippen LogP contribution < -0.4 is 10.2 Å². The van der Waals surface area contributed by atoms with Gasteiger partial charge in [0.05, 0.1) is 12.1 Å². The second-order valence-corrected chi connectivity index (χ2v) is 6.99. The van der Waals surface area contributed by atoms with Crippen molar-refractivity contribution in [1.82, 2.24) is 15.3 Å². The first-order chi connectivity index (χ1) is 12.0. The van der Waals surface area contributed by atoms with E-state index in [9.17, 15) is 13.6 Å². The number of anilines is 1. The number of amides is 1. The molecule has 0 unspecified atom stereocenters. The largest absolute Gasteiger partial charge is 0.356 e. The van der Waals surface area contributed by atoms with Crippen molar-refractivity contribution < 1.29 is 13.6 Å². The van der Waals surface area contributed by atoms with Crippen molar-refractivity contribution in [1.29, 1.82) is 0 Å². The van der Waals surface area contributed by atoms with Crippen LogP contribution in [0.4, 0.5) is 14.6 Å². The minimum atomic E-state index is -1.39. The van der Waals surface area contributed by atoms with Crippen molar-refractivity contribution in [3.05, 3.63) is 30.3 Å². The van der Waals surface area contributed by atoms with Crippen LogP contribution in [0.1, 0.15) is 25.7 Å². The Morgan fingerprint density at radius 3 is 2.76 bits per heavy atom. The maximum atomic E-state index is 14.9. The molecule has 132 valence electrons. The third kappa shape index (κ3) is 3.41. The van der Waals surface area contributed by atoms with Gasteiger partial charge in [0.25, 0.3) is 0 Å². The monoisotopic (exact) mass is 346 g/mol. The van der Waals surface area contributed by atoms with E-state index in [0.717, 1.165) is 12.8 Å². The SMILES string of the molecule is O=C(NCC1(F)CCN(c2ncnc3ccc(F)cc23)CC1)C1CC1. The number of rotatable bonds is 4. The molecule has 1 N–H and O–H groups in total. The molecule has 1 amide bonds. The first-order valence-corrected chi connectivity index (χ1v) is 8.66. The van der Waals surface area contributed by atoms with Gasteiger partial charge in [0.15, 0.2) is 0 Å². The molecule has 0 bridgehead atoms. The van der Waals surface area contributed by atoms with Gasteiger partial charge in [0.2, 0.25) is 5.91 Å². The van der Waals surface area contributed by atoms with Crippen LogP contribution in [0.3, 0.4) is 0 Å².